The first kappa shape index (κ1) is 14.1. The molecule has 2 aromatic rings. The fraction of sp³-hybridized carbons (Fsp3) is 0.267. The van der Waals surface area contributed by atoms with Crippen LogP contribution in [0.1, 0.15) is 22.6 Å². The van der Waals surface area contributed by atoms with Crippen molar-refractivity contribution in [3.63, 3.8) is 0 Å². The molecule has 22 heavy (non-hydrogen) atoms. The van der Waals surface area contributed by atoms with Crippen molar-refractivity contribution in [1.29, 1.82) is 0 Å². The Morgan fingerprint density at radius 2 is 2.05 bits per heavy atom. The molecule has 7 nitrogen and oxygen atoms in total. The van der Waals surface area contributed by atoms with Gasteiger partial charge in [0.05, 0.1) is 19.8 Å². The molecule has 0 unspecified atom stereocenters. The molecule has 1 aromatic heterocycles. The summed E-state index contributed by atoms with van der Waals surface area (Å²) < 4.78 is 11.1. The van der Waals surface area contributed by atoms with E-state index in [-0.39, 0.29) is 12.5 Å². The van der Waals surface area contributed by atoms with Crippen LogP contribution in [0.25, 0.3) is 0 Å². The number of nitrogens with two attached hydrogens (primary N) is 1. The molecule has 3 N–H and O–H groups in total. The average Bonchev–Trinajstić information content (AvgIpc) is 2.77. The third kappa shape index (κ3) is 3.25. The molecular formula is C15H16N4O3. The Morgan fingerprint density at radius 1 is 1.23 bits per heavy atom. The van der Waals surface area contributed by atoms with Gasteiger partial charge < -0.3 is 20.5 Å². The van der Waals surface area contributed by atoms with Crippen molar-refractivity contribution < 1.29 is 14.3 Å². The zero-order chi connectivity index (χ0) is 15.4. The molecule has 1 aliphatic heterocycles. The molecule has 0 bridgehead atoms. The summed E-state index contributed by atoms with van der Waals surface area (Å²) >= 11 is 0. The monoisotopic (exact) mass is 300 g/mol. The molecule has 0 fully saturated rings. The van der Waals surface area contributed by atoms with Crippen molar-refractivity contribution in [1.82, 2.24) is 15.3 Å². The van der Waals surface area contributed by atoms with E-state index in [9.17, 15) is 4.79 Å². The second-order valence-corrected chi connectivity index (χ2v) is 4.79. The zero-order valence-electron chi connectivity index (χ0n) is 11.9. The predicted molar refractivity (Wildman–Crippen MR) is 79.7 cm³/mol. The molecule has 0 radical (unpaired) electrons. The van der Waals surface area contributed by atoms with E-state index >= 15 is 0 Å². The summed E-state index contributed by atoms with van der Waals surface area (Å²) in [5, 5.41) is 2.75. The van der Waals surface area contributed by atoms with E-state index in [0.29, 0.717) is 41.9 Å². The number of hydrogen-bond donors (Lipinski definition) is 2. The number of anilines is 1. The number of carbonyl (C=O) groups excluding carboxylic acids is 1. The van der Waals surface area contributed by atoms with Gasteiger partial charge in [0.25, 0.3) is 5.91 Å². The van der Waals surface area contributed by atoms with E-state index in [1.807, 2.05) is 0 Å². The minimum Gasteiger partial charge on any atom is -0.490 e. The zero-order valence-corrected chi connectivity index (χ0v) is 11.9. The number of carbonyl (C=O) groups is 1. The van der Waals surface area contributed by atoms with Crippen molar-refractivity contribution in [3.05, 3.63) is 41.9 Å². The van der Waals surface area contributed by atoms with Crippen LogP contribution in [0, 0.1) is 0 Å². The van der Waals surface area contributed by atoms with Crippen LogP contribution >= 0.6 is 0 Å². The molecule has 0 aliphatic carbocycles. The van der Waals surface area contributed by atoms with Gasteiger partial charge in [0.2, 0.25) is 0 Å². The lowest BCUT2D eigenvalue weighted by molar-refractivity contribution is 0.0949. The molecule has 1 amide bonds. The van der Waals surface area contributed by atoms with Crippen molar-refractivity contribution in [2.45, 2.75) is 13.0 Å². The molecule has 0 spiro atoms. The third-order valence-electron chi connectivity index (χ3n) is 3.14. The van der Waals surface area contributed by atoms with Gasteiger partial charge in [0.15, 0.2) is 11.5 Å². The fourth-order valence-corrected chi connectivity index (χ4v) is 2.07. The number of aromatic nitrogens is 2. The van der Waals surface area contributed by atoms with E-state index in [4.69, 9.17) is 15.2 Å². The van der Waals surface area contributed by atoms with E-state index in [1.54, 1.807) is 30.5 Å². The Labute approximate surface area is 127 Å². The summed E-state index contributed by atoms with van der Waals surface area (Å²) in [4.78, 5) is 20.2. The Balaban J connectivity index is 1.68. The standard InChI is InChI=1S/C15H16N4O3/c16-13-4-5-17-14(19-13)9-18-15(20)10-2-3-11-12(8-10)22-7-1-6-21-11/h2-5,8H,1,6-7,9H2,(H,18,20)(H2,16,17,19). The van der Waals surface area contributed by atoms with Crippen LogP contribution in [0.4, 0.5) is 5.82 Å². The highest BCUT2D eigenvalue weighted by molar-refractivity contribution is 5.94. The number of fused-ring (bicyclic) bond motifs is 1. The van der Waals surface area contributed by atoms with Crippen LogP contribution in [0.3, 0.4) is 0 Å². The van der Waals surface area contributed by atoms with Crippen LogP contribution in [-0.4, -0.2) is 29.1 Å². The minimum absolute atomic E-state index is 0.207. The Kier molecular flexibility index (Phi) is 4.04. The summed E-state index contributed by atoms with van der Waals surface area (Å²) in [5.74, 6) is 1.85. The third-order valence-corrected chi connectivity index (χ3v) is 3.14. The van der Waals surface area contributed by atoms with Crippen molar-refractivity contribution >= 4 is 11.7 Å². The van der Waals surface area contributed by atoms with Crippen LogP contribution in [0.2, 0.25) is 0 Å². The van der Waals surface area contributed by atoms with Gasteiger partial charge in [-0.1, -0.05) is 0 Å². The maximum atomic E-state index is 12.2. The number of amides is 1. The second kappa shape index (κ2) is 6.30. The maximum absolute atomic E-state index is 12.2. The first-order valence-corrected chi connectivity index (χ1v) is 6.97. The first-order valence-electron chi connectivity index (χ1n) is 6.97. The van der Waals surface area contributed by atoms with Gasteiger partial charge in [-0.2, -0.15) is 0 Å². The predicted octanol–water partition coefficient (Wildman–Crippen LogP) is 1.15. The van der Waals surface area contributed by atoms with Crippen LogP contribution in [0.5, 0.6) is 11.5 Å². The average molecular weight is 300 g/mol. The van der Waals surface area contributed by atoms with Crippen LogP contribution in [-0.2, 0) is 6.54 Å². The Hall–Kier alpha value is -2.83. The quantitative estimate of drug-likeness (QED) is 0.882. The molecule has 1 aliphatic rings. The highest BCUT2D eigenvalue weighted by Gasteiger charge is 2.14. The largest absolute Gasteiger partial charge is 0.490 e. The summed E-state index contributed by atoms with van der Waals surface area (Å²) in [6.45, 7) is 1.40. The lowest BCUT2D eigenvalue weighted by Crippen LogP contribution is -2.24. The number of benzene rings is 1. The van der Waals surface area contributed by atoms with E-state index < -0.39 is 0 Å². The van der Waals surface area contributed by atoms with E-state index in [2.05, 4.69) is 15.3 Å². The van der Waals surface area contributed by atoms with Crippen molar-refractivity contribution in [3.8, 4) is 11.5 Å². The molecule has 0 saturated heterocycles. The lowest BCUT2D eigenvalue weighted by Gasteiger charge is -2.09. The smallest absolute Gasteiger partial charge is 0.251 e. The molecule has 114 valence electrons. The van der Waals surface area contributed by atoms with Gasteiger partial charge >= 0.3 is 0 Å². The first-order chi connectivity index (χ1) is 10.7. The van der Waals surface area contributed by atoms with Gasteiger partial charge in [-0.25, -0.2) is 9.97 Å². The Bertz CT molecular complexity index is 690. The van der Waals surface area contributed by atoms with Crippen LogP contribution < -0.4 is 20.5 Å². The molecule has 7 heteroatoms. The number of ether oxygens (including phenoxy) is 2. The van der Waals surface area contributed by atoms with Gasteiger partial charge in [0.1, 0.15) is 11.6 Å². The van der Waals surface area contributed by atoms with Gasteiger partial charge in [-0.3, -0.25) is 4.79 Å². The number of nitrogen functional groups attached to an aromatic ring is 1. The topological polar surface area (TPSA) is 99.4 Å². The number of nitrogens with one attached hydrogen (secondary N) is 1. The molecule has 3 rings (SSSR count). The van der Waals surface area contributed by atoms with Gasteiger partial charge in [-0.05, 0) is 24.3 Å². The summed E-state index contributed by atoms with van der Waals surface area (Å²) in [5.41, 5.74) is 6.07. The Morgan fingerprint density at radius 3 is 2.86 bits per heavy atom. The van der Waals surface area contributed by atoms with Crippen molar-refractivity contribution in [2.75, 3.05) is 18.9 Å². The summed E-state index contributed by atoms with van der Waals surface area (Å²) in [6, 6.07) is 6.71. The highest BCUT2D eigenvalue weighted by atomic mass is 16.5. The normalized spacial score (nSPS) is 13.3. The highest BCUT2D eigenvalue weighted by Crippen LogP contribution is 2.30. The minimum atomic E-state index is -0.235. The lowest BCUT2D eigenvalue weighted by atomic mass is 10.2. The van der Waals surface area contributed by atoms with E-state index in [0.717, 1.165) is 6.42 Å². The van der Waals surface area contributed by atoms with Crippen molar-refractivity contribution in [2.24, 2.45) is 0 Å². The molecule has 0 saturated carbocycles. The van der Waals surface area contributed by atoms with Crippen LogP contribution in [0.15, 0.2) is 30.5 Å². The number of hydrogen-bond acceptors (Lipinski definition) is 6. The SMILES string of the molecule is Nc1ccnc(CNC(=O)c2ccc3c(c2)OCCCO3)n1. The fourth-order valence-electron chi connectivity index (χ4n) is 2.07. The number of rotatable bonds is 3. The number of nitrogens with zero attached hydrogens (tertiary/aromatic N) is 2. The molecule has 1 aromatic carbocycles. The summed E-state index contributed by atoms with van der Waals surface area (Å²) in [7, 11) is 0. The van der Waals surface area contributed by atoms with E-state index in [1.165, 1.54) is 0 Å². The molecule has 0 atom stereocenters. The second-order valence-electron chi connectivity index (χ2n) is 4.79. The van der Waals surface area contributed by atoms with Gasteiger partial charge in [0, 0.05) is 18.2 Å². The molecular weight excluding hydrogens is 284 g/mol. The molecule has 2 heterocycles. The summed E-state index contributed by atoms with van der Waals surface area (Å²) in [6.07, 6.45) is 2.38. The maximum Gasteiger partial charge on any atom is 0.251 e. The van der Waals surface area contributed by atoms with Gasteiger partial charge in [-0.15, -0.1) is 0 Å².